The Morgan fingerprint density at radius 2 is 2.19 bits per heavy atom. The molecule has 0 aromatic carbocycles. The number of halogens is 1. The minimum atomic E-state index is 0.517. The molecule has 0 spiro atoms. The molecule has 0 saturated carbocycles. The highest BCUT2D eigenvalue weighted by molar-refractivity contribution is 6.31. The van der Waals surface area contributed by atoms with E-state index in [1.54, 1.807) is 7.11 Å². The van der Waals surface area contributed by atoms with Crippen LogP contribution in [0.25, 0.3) is 0 Å². The van der Waals surface area contributed by atoms with Gasteiger partial charge in [-0.05, 0) is 31.7 Å². The molecule has 0 fully saturated rings. The molecule has 0 amide bonds. The second-order valence-electron chi connectivity index (χ2n) is 4.33. The molecule has 3 heteroatoms. The fourth-order valence-electron chi connectivity index (χ4n) is 2.01. The summed E-state index contributed by atoms with van der Waals surface area (Å²) >= 11 is 6.28. The smallest absolute Gasteiger partial charge is 0.0620 e. The van der Waals surface area contributed by atoms with Crippen molar-refractivity contribution in [3.8, 4) is 0 Å². The predicted octanol–water partition coefficient (Wildman–Crippen LogP) is 4.00. The van der Waals surface area contributed by atoms with Gasteiger partial charge in [0.15, 0.2) is 0 Å². The highest BCUT2D eigenvalue weighted by atomic mass is 35.5. The maximum Gasteiger partial charge on any atom is 0.0620 e. The van der Waals surface area contributed by atoms with Crippen molar-refractivity contribution < 1.29 is 4.74 Å². The van der Waals surface area contributed by atoms with Crippen LogP contribution in [0.4, 0.5) is 0 Å². The zero-order chi connectivity index (χ0) is 12.1. The van der Waals surface area contributed by atoms with Gasteiger partial charge in [0.25, 0.3) is 0 Å². The SMILES string of the molecule is CCC(C)c1c(Cl)cc(C)n1CCCOC. The highest BCUT2D eigenvalue weighted by Crippen LogP contribution is 2.30. The summed E-state index contributed by atoms with van der Waals surface area (Å²) in [5.74, 6) is 0.517. The number of hydrogen-bond acceptors (Lipinski definition) is 1. The summed E-state index contributed by atoms with van der Waals surface area (Å²) < 4.78 is 7.42. The molecule has 0 saturated heterocycles. The lowest BCUT2D eigenvalue weighted by Crippen LogP contribution is -2.09. The Morgan fingerprint density at radius 1 is 1.50 bits per heavy atom. The average molecular weight is 244 g/mol. The van der Waals surface area contributed by atoms with Gasteiger partial charge in [-0.15, -0.1) is 0 Å². The minimum absolute atomic E-state index is 0.517. The zero-order valence-corrected chi connectivity index (χ0v) is 11.5. The van der Waals surface area contributed by atoms with Crippen LogP contribution in [0.5, 0.6) is 0 Å². The van der Waals surface area contributed by atoms with Crippen LogP contribution in [-0.4, -0.2) is 18.3 Å². The van der Waals surface area contributed by atoms with Crippen LogP contribution in [0, 0.1) is 6.92 Å². The molecular weight excluding hydrogens is 222 g/mol. The molecule has 0 aliphatic rings. The van der Waals surface area contributed by atoms with E-state index in [-0.39, 0.29) is 0 Å². The van der Waals surface area contributed by atoms with Crippen LogP contribution >= 0.6 is 11.6 Å². The van der Waals surface area contributed by atoms with Crippen LogP contribution < -0.4 is 0 Å². The molecule has 1 unspecified atom stereocenters. The number of aromatic nitrogens is 1. The van der Waals surface area contributed by atoms with Gasteiger partial charge >= 0.3 is 0 Å². The molecule has 2 nitrogen and oxygen atoms in total. The summed E-state index contributed by atoms with van der Waals surface area (Å²) in [6, 6.07) is 2.07. The first-order valence-corrected chi connectivity index (χ1v) is 6.34. The molecule has 1 atom stereocenters. The van der Waals surface area contributed by atoms with Crippen molar-refractivity contribution >= 4 is 11.6 Å². The van der Waals surface area contributed by atoms with Crippen LogP contribution in [0.1, 0.15) is 44.0 Å². The van der Waals surface area contributed by atoms with Gasteiger partial charge in [0.2, 0.25) is 0 Å². The monoisotopic (exact) mass is 243 g/mol. The van der Waals surface area contributed by atoms with E-state index >= 15 is 0 Å². The molecule has 0 N–H and O–H groups in total. The van der Waals surface area contributed by atoms with E-state index in [9.17, 15) is 0 Å². The third-order valence-corrected chi connectivity index (χ3v) is 3.41. The van der Waals surface area contributed by atoms with Gasteiger partial charge in [0.1, 0.15) is 0 Å². The first-order valence-electron chi connectivity index (χ1n) is 5.96. The van der Waals surface area contributed by atoms with E-state index in [0.717, 1.165) is 31.0 Å². The van der Waals surface area contributed by atoms with Gasteiger partial charge < -0.3 is 9.30 Å². The third kappa shape index (κ3) is 3.02. The number of rotatable bonds is 6. The van der Waals surface area contributed by atoms with Gasteiger partial charge in [-0.25, -0.2) is 0 Å². The number of hydrogen-bond donors (Lipinski definition) is 0. The molecule has 1 heterocycles. The van der Waals surface area contributed by atoms with Crippen molar-refractivity contribution in [2.75, 3.05) is 13.7 Å². The lowest BCUT2D eigenvalue weighted by molar-refractivity contribution is 0.189. The normalized spacial score (nSPS) is 13.1. The maximum absolute atomic E-state index is 6.28. The van der Waals surface area contributed by atoms with Crippen molar-refractivity contribution in [3.63, 3.8) is 0 Å². The summed E-state index contributed by atoms with van der Waals surface area (Å²) in [6.45, 7) is 8.34. The second-order valence-corrected chi connectivity index (χ2v) is 4.73. The van der Waals surface area contributed by atoms with Crippen molar-refractivity contribution in [2.45, 2.75) is 46.1 Å². The summed E-state index contributed by atoms with van der Waals surface area (Å²) in [5, 5.41) is 0.907. The lowest BCUT2D eigenvalue weighted by Gasteiger charge is -2.16. The molecule has 1 rings (SSSR count). The Balaban J connectivity index is 2.87. The molecule has 16 heavy (non-hydrogen) atoms. The third-order valence-electron chi connectivity index (χ3n) is 3.11. The highest BCUT2D eigenvalue weighted by Gasteiger charge is 2.15. The molecule has 0 bridgehead atoms. The number of nitrogens with zero attached hydrogens (tertiary/aromatic N) is 1. The van der Waals surface area contributed by atoms with E-state index in [1.807, 2.05) is 0 Å². The predicted molar refractivity (Wildman–Crippen MR) is 69.4 cm³/mol. The topological polar surface area (TPSA) is 14.2 Å². The quantitative estimate of drug-likeness (QED) is 0.689. The number of methoxy groups -OCH3 is 1. The maximum atomic E-state index is 6.28. The number of aryl methyl sites for hydroxylation is 1. The average Bonchev–Trinajstić information content (AvgIpc) is 2.53. The van der Waals surface area contributed by atoms with Crippen LogP contribution in [0.15, 0.2) is 6.07 Å². The molecule has 0 radical (unpaired) electrons. The number of ether oxygens (including phenoxy) is 1. The molecule has 1 aromatic heterocycles. The van der Waals surface area contributed by atoms with Crippen LogP contribution in [0.3, 0.4) is 0 Å². The lowest BCUT2D eigenvalue weighted by atomic mass is 10.1. The van der Waals surface area contributed by atoms with Gasteiger partial charge in [-0.2, -0.15) is 0 Å². The molecular formula is C13H22ClNO. The molecule has 0 aliphatic heterocycles. The molecule has 0 aliphatic carbocycles. The van der Waals surface area contributed by atoms with E-state index in [1.165, 1.54) is 11.4 Å². The fourth-order valence-corrected chi connectivity index (χ4v) is 2.46. The van der Waals surface area contributed by atoms with E-state index < -0.39 is 0 Å². The zero-order valence-electron chi connectivity index (χ0n) is 10.7. The Labute approximate surface area is 104 Å². The standard InChI is InChI=1S/C13H22ClNO/c1-5-10(2)13-12(14)9-11(3)15(13)7-6-8-16-4/h9-10H,5-8H2,1-4H3. The Bertz CT molecular complexity index is 333. The summed E-state index contributed by atoms with van der Waals surface area (Å²) in [4.78, 5) is 0. The van der Waals surface area contributed by atoms with Crippen molar-refractivity contribution in [1.29, 1.82) is 0 Å². The first kappa shape index (κ1) is 13.6. The fraction of sp³-hybridized carbons (Fsp3) is 0.692. The van der Waals surface area contributed by atoms with Gasteiger partial charge in [-0.3, -0.25) is 0 Å². The second kappa shape index (κ2) is 6.31. The Hall–Kier alpha value is -0.470. The van der Waals surface area contributed by atoms with Gasteiger partial charge in [-0.1, -0.05) is 25.4 Å². The first-order chi connectivity index (χ1) is 7.61. The largest absolute Gasteiger partial charge is 0.385 e. The minimum Gasteiger partial charge on any atom is -0.385 e. The van der Waals surface area contributed by atoms with Gasteiger partial charge in [0, 0.05) is 31.6 Å². The Kier molecular flexibility index (Phi) is 5.36. The van der Waals surface area contributed by atoms with E-state index in [0.29, 0.717) is 5.92 Å². The molecule has 92 valence electrons. The van der Waals surface area contributed by atoms with Crippen molar-refractivity contribution in [1.82, 2.24) is 4.57 Å². The van der Waals surface area contributed by atoms with Crippen LogP contribution in [-0.2, 0) is 11.3 Å². The molecule has 1 aromatic rings. The van der Waals surface area contributed by atoms with Crippen molar-refractivity contribution in [3.05, 3.63) is 22.5 Å². The summed E-state index contributed by atoms with van der Waals surface area (Å²) in [7, 11) is 1.74. The van der Waals surface area contributed by atoms with Gasteiger partial charge in [0.05, 0.1) is 5.02 Å². The van der Waals surface area contributed by atoms with E-state index in [2.05, 4.69) is 31.4 Å². The van der Waals surface area contributed by atoms with Crippen LogP contribution in [0.2, 0.25) is 5.02 Å². The van der Waals surface area contributed by atoms with E-state index in [4.69, 9.17) is 16.3 Å². The summed E-state index contributed by atoms with van der Waals surface area (Å²) in [6.07, 6.45) is 2.15. The summed E-state index contributed by atoms with van der Waals surface area (Å²) in [5.41, 5.74) is 2.52. The Morgan fingerprint density at radius 3 is 2.75 bits per heavy atom. The van der Waals surface area contributed by atoms with Crippen molar-refractivity contribution in [2.24, 2.45) is 0 Å².